The molecule has 3 aromatic rings. The van der Waals surface area contributed by atoms with E-state index in [0.717, 1.165) is 15.8 Å². The fourth-order valence-electron chi connectivity index (χ4n) is 4.65. The number of aryl methyl sites for hydroxylation is 2. The van der Waals surface area contributed by atoms with E-state index < -0.39 is 29.7 Å². The minimum atomic E-state index is -0.871. The Balaban J connectivity index is 1.37. The number of aromatic nitrogens is 4. The van der Waals surface area contributed by atoms with Crippen molar-refractivity contribution in [2.75, 3.05) is 25.5 Å². The van der Waals surface area contributed by atoms with Crippen molar-refractivity contribution >= 4 is 45.9 Å². The van der Waals surface area contributed by atoms with Gasteiger partial charge in [-0.3, -0.25) is 9.59 Å². The maximum atomic E-state index is 13.6. The van der Waals surface area contributed by atoms with Crippen molar-refractivity contribution in [2.24, 2.45) is 0 Å². The monoisotopic (exact) mass is 611 g/mol. The second-order valence-electron chi connectivity index (χ2n) is 9.75. The Labute approximate surface area is 257 Å². The summed E-state index contributed by atoms with van der Waals surface area (Å²) in [6, 6.07) is 23.9. The number of carbonyl (C=O) groups is 2. The number of thiocarbonyl (C=S) groups is 1. The van der Waals surface area contributed by atoms with Crippen molar-refractivity contribution in [3.63, 3.8) is 0 Å². The molecule has 0 saturated carbocycles. The van der Waals surface area contributed by atoms with Gasteiger partial charge in [0.1, 0.15) is 6.54 Å². The Kier molecular flexibility index (Phi) is 9.35. The molecule has 2 aliphatic heterocycles. The quantitative estimate of drug-likeness (QED) is 0.0929. The number of nitrogens with zero attached hydrogens (tertiary/aromatic N) is 4. The number of fused-ring (bicyclic) bond motifs is 2. The van der Waals surface area contributed by atoms with Gasteiger partial charge in [0.15, 0.2) is 16.6 Å². The van der Waals surface area contributed by atoms with Gasteiger partial charge < -0.3 is 25.3 Å². The first kappa shape index (κ1) is 30.0. The molecule has 0 fully saturated rings. The van der Waals surface area contributed by atoms with E-state index >= 15 is 0 Å². The fourth-order valence-corrected chi connectivity index (χ4v) is 4.87. The van der Waals surface area contributed by atoms with Gasteiger partial charge in [-0.05, 0) is 54.5 Å². The van der Waals surface area contributed by atoms with E-state index in [1.807, 2.05) is 60.7 Å². The molecular formula is C31H29N7O5S. The minimum absolute atomic E-state index is 0.0922. The van der Waals surface area contributed by atoms with Crippen LogP contribution in [0.5, 0.6) is 0 Å². The van der Waals surface area contributed by atoms with Crippen LogP contribution in [0.1, 0.15) is 15.9 Å². The van der Waals surface area contributed by atoms with Crippen LogP contribution in [0.3, 0.4) is 0 Å². The average molecular weight is 612 g/mol. The molecule has 0 aliphatic carbocycles. The van der Waals surface area contributed by atoms with Crippen LogP contribution in [0.2, 0.25) is 0 Å². The Bertz CT molecular complexity index is 1910. The van der Waals surface area contributed by atoms with Gasteiger partial charge in [-0.25, -0.2) is 19.1 Å². The zero-order chi connectivity index (χ0) is 31.1. The Morgan fingerprint density at radius 1 is 0.886 bits per heavy atom. The first-order chi connectivity index (χ1) is 21.3. The molecule has 0 bridgehead atoms. The first-order valence-corrected chi connectivity index (χ1v) is 14.2. The van der Waals surface area contributed by atoms with Crippen molar-refractivity contribution in [3.8, 4) is 11.5 Å². The molecule has 0 spiro atoms. The molecule has 3 aromatic carbocycles. The normalized spacial score (nSPS) is 10.8. The zero-order valence-electron chi connectivity index (χ0n) is 23.8. The lowest BCUT2D eigenvalue weighted by Crippen LogP contribution is -2.44. The highest BCUT2D eigenvalue weighted by atomic mass is 32.1. The number of rotatable bonds is 10. The predicted octanol–water partition coefficient (Wildman–Crippen LogP) is 2.19. The largest absolute Gasteiger partial charge is 0.465 e. The molecule has 13 heteroatoms. The van der Waals surface area contributed by atoms with Crippen LogP contribution in [0.4, 0.5) is 5.69 Å². The number of nitrogens with one attached hydrogen (secondary N) is 3. The summed E-state index contributed by atoms with van der Waals surface area (Å²) >= 11 is 5.25. The van der Waals surface area contributed by atoms with Crippen LogP contribution >= 0.6 is 12.2 Å². The standard InChI is InChI=1S/C31H29N7O5S/c1-43-29(41)21-12-13-24-23(18-21)35-26-27(37(24)17-14-20-8-4-2-5-9-20)36-31(42)38(28(26)40)19-25(39)32-15-16-33-30(44)34-22-10-6-3-7-11-22/h2-13,18H,14-17,19H2,1H3,(H,32,39)(H2,33,34,44). The van der Waals surface area contributed by atoms with Gasteiger partial charge in [-0.2, -0.15) is 4.98 Å². The lowest BCUT2D eigenvalue weighted by molar-refractivity contribution is -0.121. The number of esters is 1. The smallest absolute Gasteiger partial charge is 0.353 e. The molecule has 1 amide bonds. The molecule has 2 aliphatic rings. The second kappa shape index (κ2) is 13.7. The summed E-state index contributed by atoms with van der Waals surface area (Å²) in [5.41, 5.74) is 1.31. The second-order valence-corrected chi connectivity index (χ2v) is 10.2. The molecule has 0 atom stereocenters. The Hall–Kier alpha value is -5.43. The maximum absolute atomic E-state index is 13.6. The van der Waals surface area contributed by atoms with E-state index in [9.17, 15) is 19.2 Å². The molecular weight excluding hydrogens is 582 g/mol. The third-order valence-electron chi connectivity index (χ3n) is 6.80. The van der Waals surface area contributed by atoms with Crippen molar-refractivity contribution in [2.45, 2.75) is 19.5 Å². The summed E-state index contributed by atoms with van der Waals surface area (Å²) in [6.07, 6.45) is 0.582. The highest BCUT2D eigenvalue weighted by Crippen LogP contribution is 2.23. The minimum Gasteiger partial charge on any atom is -0.465 e. The van der Waals surface area contributed by atoms with E-state index in [-0.39, 0.29) is 23.6 Å². The highest BCUT2D eigenvalue weighted by molar-refractivity contribution is 7.80. The first-order valence-electron chi connectivity index (χ1n) is 13.8. The molecule has 0 unspecified atom stereocenters. The number of anilines is 1. The summed E-state index contributed by atoms with van der Waals surface area (Å²) in [4.78, 5) is 60.2. The van der Waals surface area contributed by atoms with Crippen molar-refractivity contribution in [1.29, 1.82) is 0 Å². The zero-order valence-corrected chi connectivity index (χ0v) is 24.6. The van der Waals surface area contributed by atoms with Crippen molar-refractivity contribution in [3.05, 3.63) is 111 Å². The van der Waals surface area contributed by atoms with Crippen molar-refractivity contribution in [1.82, 2.24) is 29.7 Å². The van der Waals surface area contributed by atoms with Gasteiger partial charge in [0.05, 0.1) is 23.7 Å². The number of amides is 1. The molecule has 44 heavy (non-hydrogen) atoms. The number of para-hydroxylation sites is 1. The Morgan fingerprint density at radius 3 is 2.32 bits per heavy atom. The number of hydrogen-bond donors (Lipinski definition) is 3. The molecule has 224 valence electrons. The average Bonchev–Trinajstić information content (AvgIpc) is 3.04. The van der Waals surface area contributed by atoms with Gasteiger partial charge in [0.2, 0.25) is 5.91 Å². The number of carbonyl (C=O) groups excluding carboxylic acids is 2. The van der Waals surface area contributed by atoms with Gasteiger partial charge in [0.25, 0.3) is 5.56 Å². The number of methoxy groups -OCH3 is 1. The molecule has 0 aromatic heterocycles. The van der Waals surface area contributed by atoms with Crippen LogP contribution < -0.4 is 27.2 Å². The van der Waals surface area contributed by atoms with E-state index in [2.05, 4.69) is 25.9 Å². The number of hydrogen-bond acceptors (Lipinski definition) is 8. The molecule has 3 N–H and O–H groups in total. The molecule has 0 radical (unpaired) electrons. The van der Waals surface area contributed by atoms with Crippen LogP contribution in [0.25, 0.3) is 22.6 Å². The van der Waals surface area contributed by atoms with E-state index in [1.165, 1.54) is 13.2 Å². The fraction of sp³-hybridized carbons (Fsp3) is 0.194. The third kappa shape index (κ3) is 6.95. The van der Waals surface area contributed by atoms with E-state index in [0.29, 0.717) is 35.7 Å². The number of benzene rings is 3. The molecule has 0 saturated heterocycles. The van der Waals surface area contributed by atoms with Gasteiger partial charge in [0, 0.05) is 25.3 Å². The maximum Gasteiger partial charge on any atom is 0.353 e. The molecule has 12 nitrogen and oxygen atoms in total. The lowest BCUT2D eigenvalue weighted by Gasteiger charge is -2.18. The topological polar surface area (TPSA) is 149 Å². The summed E-state index contributed by atoms with van der Waals surface area (Å²) in [5, 5.41) is 9.06. The summed E-state index contributed by atoms with van der Waals surface area (Å²) in [6.45, 7) is 0.343. The third-order valence-corrected chi connectivity index (χ3v) is 7.05. The van der Waals surface area contributed by atoms with Crippen LogP contribution in [-0.2, 0) is 29.0 Å². The van der Waals surface area contributed by atoms with Crippen LogP contribution in [0, 0.1) is 0 Å². The lowest BCUT2D eigenvalue weighted by atomic mass is 10.1. The van der Waals surface area contributed by atoms with Gasteiger partial charge >= 0.3 is 11.7 Å². The summed E-state index contributed by atoms with van der Waals surface area (Å²) in [5.74, 6) is -1.02. The number of ether oxygens (including phenoxy) is 1. The van der Waals surface area contributed by atoms with Crippen molar-refractivity contribution < 1.29 is 14.3 Å². The van der Waals surface area contributed by atoms with E-state index in [1.54, 1.807) is 16.7 Å². The van der Waals surface area contributed by atoms with Gasteiger partial charge in [-0.15, -0.1) is 0 Å². The Morgan fingerprint density at radius 2 is 1.59 bits per heavy atom. The van der Waals surface area contributed by atoms with E-state index in [4.69, 9.17) is 17.0 Å². The SMILES string of the molecule is COC(=O)c1ccc2c(c1)nc1c(=O)n(CC(=O)NCCNC(=S)Nc3ccccc3)c(=O)nc-1n2CCc1ccccc1. The highest BCUT2D eigenvalue weighted by Gasteiger charge is 2.23. The molecule has 5 rings (SSSR count). The summed E-state index contributed by atoms with van der Waals surface area (Å²) in [7, 11) is 1.27. The summed E-state index contributed by atoms with van der Waals surface area (Å²) < 4.78 is 7.32. The van der Waals surface area contributed by atoms with Crippen LogP contribution in [-0.4, -0.2) is 56.3 Å². The van der Waals surface area contributed by atoms with Crippen LogP contribution in [0.15, 0.2) is 88.5 Å². The molecule has 2 heterocycles. The van der Waals surface area contributed by atoms with Gasteiger partial charge in [-0.1, -0.05) is 48.5 Å². The predicted molar refractivity (Wildman–Crippen MR) is 170 cm³/mol.